The van der Waals surface area contributed by atoms with Crippen LogP contribution in [0.25, 0.3) is 22.0 Å². The molecule has 31 heavy (non-hydrogen) atoms. The van der Waals surface area contributed by atoms with Crippen molar-refractivity contribution in [3.8, 4) is 22.6 Å². The minimum atomic E-state index is -5.32. The summed E-state index contributed by atoms with van der Waals surface area (Å²) < 4.78 is 42.4. The molecule has 0 unspecified atom stereocenters. The standard InChI is InChI=1S/C21H23FNO7P/c1-3-11-29-18-10-9-17(22)19-20(18)23(13-30-31(25,26)27)12-16(21(19)24)14-5-7-15(8-6-14)28-4-2/h5-10,12H,3-4,11,13H2,1-2H3,(H2,25,26,27)/p-2. The lowest BCUT2D eigenvalue weighted by atomic mass is 10.0. The van der Waals surface area contributed by atoms with Crippen molar-refractivity contribution in [2.75, 3.05) is 13.2 Å². The second-order valence-corrected chi connectivity index (χ2v) is 7.77. The molecule has 0 spiro atoms. The Morgan fingerprint density at radius 3 is 2.39 bits per heavy atom. The van der Waals surface area contributed by atoms with E-state index in [1.165, 1.54) is 16.8 Å². The van der Waals surface area contributed by atoms with E-state index in [0.29, 0.717) is 24.3 Å². The molecule has 0 aliphatic heterocycles. The molecule has 0 bridgehead atoms. The number of ether oxygens (including phenoxy) is 2. The SMILES string of the molecule is CCCOc1ccc(F)c2c(=O)c(-c3ccc(OCC)cc3)cn(COP(=O)([O-])[O-])c12. The van der Waals surface area contributed by atoms with Gasteiger partial charge < -0.3 is 32.9 Å². The van der Waals surface area contributed by atoms with Gasteiger partial charge >= 0.3 is 0 Å². The van der Waals surface area contributed by atoms with Crippen molar-refractivity contribution in [1.82, 2.24) is 4.57 Å². The predicted molar refractivity (Wildman–Crippen MR) is 109 cm³/mol. The highest BCUT2D eigenvalue weighted by Gasteiger charge is 2.18. The van der Waals surface area contributed by atoms with Crippen LogP contribution in [0, 0.1) is 5.82 Å². The number of pyridine rings is 1. The molecule has 10 heteroatoms. The van der Waals surface area contributed by atoms with Gasteiger partial charge in [-0.1, -0.05) is 19.1 Å². The molecule has 0 saturated heterocycles. The highest BCUT2D eigenvalue weighted by molar-refractivity contribution is 7.43. The van der Waals surface area contributed by atoms with E-state index in [-0.39, 0.29) is 28.8 Å². The molecule has 0 saturated carbocycles. The number of aromatic nitrogens is 1. The molecule has 3 rings (SSSR count). The number of benzene rings is 2. The van der Waals surface area contributed by atoms with Crippen LogP contribution in [0.4, 0.5) is 4.39 Å². The van der Waals surface area contributed by atoms with Gasteiger partial charge in [-0.05, 0) is 43.2 Å². The summed E-state index contributed by atoms with van der Waals surface area (Å²) in [6.07, 6.45) is 1.97. The van der Waals surface area contributed by atoms with Gasteiger partial charge in [-0.3, -0.25) is 4.79 Å². The summed E-state index contributed by atoms with van der Waals surface area (Å²) >= 11 is 0. The first-order valence-electron chi connectivity index (χ1n) is 9.63. The molecule has 1 heterocycles. The van der Waals surface area contributed by atoms with Gasteiger partial charge in [0.2, 0.25) is 0 Å². The number of rotatable bonds is 9. The Labute approximate surface area is 178 Å². The third kappa shape index (κ3) is 5.32. The van der Waals surface area contributed by atoms with Crippen LogP contribution in [-0.2, 0) is 15.8 Å². The summed E-state index contributed by atoms with van der Waals surface area (Å²) in [6.45, 7) is 3.73. The van der Waals surface area contributed by atoms with E-state index < -0.39 is 25.8 Å². The number of phosphoric acid groups is 1. The van der Waals surface area contributed by atoms with Crippen LogP contribution in [-0.4, -0.2) is 17.8 Å². The summed E-state index contributed by atoms with van der Waals surface area (Å²) in [5.74, 6) is -0.0441. The molecule has 0 radical (unpaired) electrons. The number of nitrogens with zero attached hydrogens (tertiary/aromatic N) is 1. The van der Waals surface area contributed by atoms with E-state index in [1.54, 1.807) is 24.3 Å². The number of hydrogen-bond donors (Lipinski definition) is 0. The Kier molecular flexibility index (Phi) is 7.12. The molecule has 166 valence electrons. The van der Waals surface area contributed by atoms with Crippen LogP contribution in [0.5, 0.6) is 11.5 Å². The Bertz CT molecular complexity index is 1170. The van der Waals surface area contributed by atoms with Crippen LogP contribution in [0.2, 0.25) is 0 Å². The van der Waals surface area contributed by atoms with Crippen molar-refractivity contribution in [3.63, 3.8) is 0 Å². The molecule has 0 fully saturated rings. The number of halogens is 1. The second-order valence-electron chi connectivity index (χ2n) is 6.62. The van der Waals surface area contributed by atoms with E-state index in [0.717, 1.165) is 6.07 Å². The molecule has 0 aliphatic rings. The summed E-state index contributed by atoms with van der Waals surface area (Å²) in [5, 5.41) is -0.296. The fourth-order valence-electron chi connectivity index (χ4n) is 3.13. The molecule has 1 aromatic heterocycles. The molecular weight excluding hydrogens is 428 g/mol. The van der Waals surface area contributed by atoms with E-state index >= 15 is 0 Å². The Balaban J connectivity index is 2.24. The smallest absolute Gasteiger partial charge is 0.200 e. The van der Waals surface area contributed by atoms with Crippen molar-refractivity contribution in [2.45, 2.75) is 27.0 Å². The average molecular weight is 449 g/mol. The van der Waals surface area contributed by atoms with Crippen molar-refractivity contribution >= 4 is 18.7 Å². The van der Waals surface area contributed by atoms with Gasteiger partial charge in [0.05, 0.1) is 31.9 Å². The maximum atomic E-state index is 14.8. The van der Waals surface area contributed by atoms with Gasteiger partial charge in [0.15, 0.2) is 5.43 Å². The van der Waals surface area contributed by atoms with Gasteiger partial charge in [-0.15, -0.1) is 0 Å². The minimum Gasteiger partial charge on any atom is -0.790 e. The van der Waals surface area contributed by atoms with E-state index in [4.69, 9.17) is 9.47 Å². The molecule has 0 amide bonds. The zero-order valence-electron chi connectivity index (χ0n) is 17.0. The van der Waals surface area contributed by atoms with Crippen LogP contribution < -0.4 is 24.7 Å². The van der Waals surface area contributed by atoms with Gasteiger partial charge in [0.25, 0.3) is 0 Å². The minimum absolute atomic E-state index is 0.00147. The van der Waals surface area contributed by atoms with E-state index in [9.17, 15) is 23.5 Å². The predicted octanol–water partition coefficient (Wildman–Crippen LogP) is 2.80. The highest BCUT2D eigenvalue weighted by atomic mass is 31.2. The fourth-order valence-corrected chi connectivity index (χ4v) is 3.39. The Hall–Kier alpha value is -2.71. The average Bonchev–Trinajstić information content (AvgIpc) is 2.73. The maximum Gasteiger partial charge on any atom is 0.200 e. The van der Waals surface area contributed by atoms with Gasteiger partial charge in [-0.25, -0.2) is 4.39 Å². The number of phosphoric ester groups is 1. The third-order valence-corrected chi connectivity index (χ3v) is 4.86. The first kappa shape index (κ1) is 23.0. The quantitative estimate of drug-likeness (QED) is 0.462. The van der Waals surface area contributed by atoms with Crippen LogP contribution >= 0.6 is 7.82 Å². The molecule has 3 aromatic rings. The van der Waals surface area contributed by atoms with Crippen molar-refractivity contribution < 1.29 is 32.7 Å². The topological polar surface area (TPSA) is 113 Å². The molecule has 0 N–H and O–H groups in total. The first-order chi connectivity index (χ1) is 14.7. The van der Waals surface area contributed by atoms with E-state index in [1.807, 2.05) is 13.8 Å². The third-order valence-electron chi connectivity index (χ3n) is 4.43. The molecule has 0 aliphatic carbocycles. The second kappa shape index (κ2) is 9.62. The molecular formula is C21H21FNO7P-2. The van der Waals surface area contributed by atoms with Crippen molar-refractivity contribution in [2.24, 2.45) is 0 Å². The zero-order chi connectivity index (χ0) is 22.6. The largest absolute Gasteiger partial charge is 0.790 e. The Morgan fingerprint density at radius 2 is 1.77 bits per heavy atom. The van der Waals surface area contributed by atoms with Gasteiger partial charge in [0, 0.05) is 11.8 Å². The van der Waals surface area contributed by atoms with Crippen LogP contribution in [0.15, 0.2) is 47.4 Å². The summed E-state index contributed by atoms with van der Waals surface area (Å²) in [6, 6.07) is 9.01. The van der Waals surface area contributed by atoms with Crippen LogP contribution in [0.3, 0.4) is 0 Å². The fraction of sp³-hybridized carbons (Fsp3) is 0.286. The lowest BCUT2D eigenvalue weighted by Crippen LogP contribution is -2.20. The molecule has 0 atom stereocenters. The summed E-state index contributed by atoms with van der Waals surface area (Å²) in [5.41, 5.74) is -0.0583. The first-order valence-corrected chi connectivity index (χ1v) is 11.1. The lowest BCUT2D eigenvalue weighted by molar-refractivity contribution is -0.344. The van der Waals surface area contributed by atoms with Gasteiger partial charge in [0.1, 0.15) is 24.0 Å². The normalized spacial score (nSPS) is 11.6. The number of hydrogen-bond acceptors (Lipinski definition) is 7. The van der Waals surface area contributed by atoms with Crippen LogP contribution in [0.1, 0.15) is 20.3 Å². The Morgan fingerprint density at radius 1 is 1.06 bits per heavy atom. The highest BCUT2D eigenvalue weighted by Crippen LogP contribution is 2.32. The number of fused-ring (bicyclic) bond motifs is 1. The maximum absolute atomic E-state index is 14.8. The van der Waals surface area contributed by atoms with Gasteiger partial charge in [-0.2, -0.15) is 0 Å². The lowest BCUT2D eigenvalue weighted by Gasteiger charge is -2.29. The monoisotopic (exact) mass is 449 g/mol. The summed E-state index contributed by atoms with van der Waals surface area (Å²) in [4.78, 5) is 35.3. The van der Waals surface area contributed by atoms with Crippen molar-refractivity contribution in [1.29, 1.82) is 0 Å². The molecule has 2 aromatic carbocycles. The zero-order valence-corrected chi connectivity index (χ0v) is 17.9. The molecule has 8 nitrogen and oxygen atoms in total. The van der Waals surface area contributed by atoms with Crippen molar-refractivity contribution in [3.05, 3.63) is 58.6 Å². The van der Waals surface area contributed by atoms with E-state index in [2.05, 4.69) is 4.52 Å². The summed E-state index contributed by atoms with van der Waals surface area (Å²) in [7, 11) is -5.32.